The van der Waals surface area contributed by atoms with Gasteiger partial charge >= 0.3 is 5.97 Å². The lowest BCUT2D eigenvalue weighted by molar-refractivity contribution is -0.164. The van der Waals surface area contributed by atoms with Gasteiger partial charge in [0.15, 0.2) is 6.61 Å². The zero-order valence-corrected chi connectivity index (χ0v) is 16.7. The lowest BCUT2D eigenvalue weighted by atomic mass is 9.86. The van der Waals surface area contributed by atoms with Gasteiger partial charge in [-0.3, -0.25) is 0 Å². The smallest absolute Gasteiger partial charge is 0.348 e. The number of nitrogens with zero attached hydrogens (tertiary/aromatic N) is 2. The van der Waals surface area contributed by atoms with Gasteiger partial charge in [0.1, 0.15) is 5.82 Å². The summed E-state index contributed by atoms with van der Waals surface area (Å²) in [6, 6.07) is 21.6. The van der Waals surface area contributed by atoms with Crippen molar-refractivity contribution in [3.63, 3.8) is 0 Å². The highest BCUT2D eigenvalue weighted by Crippen LogP contribution is 2.31. The summed E-state index contributed by atoms with van der Waals surface area (Å²) < 4.78 is 24.3. The SMILES string of the molecule is Cc1ccc(-c2noc(COC(=O)C(O)(c3ccccc3)c3ccccc3)n2)cc1F. The second-order valence-electron chi connectivity index (χ2n) is 6.99. The molecule has 156 valence electrons. The monoisotopic (exact) mass is 418 g/mol. The van der Waals surface area contributed by atoms with Crippen molar-refractivity contribution in [2.45, 2.75) is 19.1 Å². The molecule has 0 aliphatic heterocycles. The number of ether oxygens (including phenoxy) is 1. The molecule has 0 unspecified atom stereocenters. The number of carbonyl (C=O) groups is 1. The van der Waals surface area contributed by atoms with Crippen LogP contribution in [0.25, 0.3) is 11.4 Å². The number of hydrogen-bond donors (Lipinski definition) is 1. The van der Waals surface area contributed by atoms with E-state index < -0.39 is 11.6 Å². The van der Waals surface area contributed by atoms with Crippen molar-refractivity contribution < 1.29 is 23.6 Å². The van der Waals surface area contributed by atoms with Gasteiger partial charge in [-0.05, 0) is 29.7 Å². The van der Waals surface area contributed by atoms with Gasteiger partial charge in [-0.2, -0.15) is 4.98 Å². The van der Waals surface area contributed by atoms with Crippen molar-refractivity contribution in [2.24, 2.45) is 0 Å². The topological polar surface area (TPSA) is 85.5 Å². The van der Waals surface area contributed by atoms with Crippen LogP contribution >= 0.6 is 0 Å². The van der Waals surface area contributed by atoms with Crippen LogP contribution in [0.15, 0.2) is 83.4 Å². The lowest BCUT2D eigenvalue weighted by Gasteiger charge is -2.26. The van der Waals surface area contributed by atoms with E-state index in [2.05, 4.69) is 10.1 Å². The van der Waals surface area contributed by atoms with E-state index in [1.807, 2.05) is 0 Å². The van der Waals surface area contributed by atoms with Gasteiger partial charge in [0, 0.05) is 5.56 Å². The van der Waals surface area contributed by atoms with E-state index in [4.69, 9.17) is 9.26 Å². The molecule has 3 aromatic carbocycles. The highest BCUT2D eigenvalue weighted by molar-refractivity contribution is 5.85. The fourth-order valence-corrected chi connectivity index (χ4v) is 3.16. The summed E-state index contributed by atoms with van der Waals surface area (Å²) in [6.45, 7) is 1.31. The third-order valence-electron chi connectivity index (χ3n) is 4.90. The van der Waals surface area contributed by atoms with Crippen molar-refractivity contribution in [3.05, 3.63) is 107 Å². The largest absolute Gasteiger partial charge is 0.453 e. The second-order valence-corrected chi connectivity index (χ2v) is 6.99. The zero-order chi connectivity index (χ0) is 21.8. The van der Waals surface area contributed by atoms with Crippen LogP contribution in [0.1, 0.15) is 22.6 Å². The summed E-state index contributed by atoms with van der Waals surface area (Å²) in [4.78, 5) is 17.1. The maximum absolute atomic E-state index is 13.8. The Kier molecular flexibility index (Phi) is 5.60. The Morgan fingerprint density at radius 1 is 1.03 bits per heavy atom. The third kappa shape index (κ3) is 4.08. The number of aliphatic hydroxyl groups is 1. The van der Waals surface area contributed by atoms with Gasteiger partial charge in [-0.1, -0.05) is 78.0 Å². The Bertz CT molecular complexity index is 1150. The number of hydrogen-bond acceptors (Lipinski definition) is 6. The first-order chi connectivity index (χ1) is 15.0. The van der Waals surface area contributed by atoms with Crippen LogP contribution in [0.5, 0.6) is 0 Å². The maximum Gasteiger partial charge on any atom is 0.348 e. The fraction of sp³-hybridized carbons (Fsp3) is 0.125. The lowest BCUT2D eigenvalue weighted by Crippen LogP contribution is -2.38. The van der Waals surface area contributed by atoms with Gasteiger partial charge in [-0.25, -0.2) is 9.18 Å². The third-order valence-corrected chi connectivity index (χ3v) is 4.90. The summed E-state index contributed by atoms with van der Waals surface area (Å²) in [6.07, 6.45) is 0. The van der Waals surface area contributed by atoms with Crippen LogP contribution in [0.2, 0.25) is 0 Å². The first-order valence-electron chi connectivity index (χ1n) is 9.58. The Labute approximate surface area is 177 Å². The van der Waals surface area contributed by atoms with E-state index in [0.717, 1.165) is 0 Å². The molecule has 0 aliphatic carbocycles. The molecule has 4 rings (SSSR count). The van der Waals surface area contributed by atoms with Crippen molar-refractivity contribution >= 4 is 5.97 Å². The van der Waals surface area contributed by atoms with E-state index in [0.29, 0.717) is 22.3 Å². The van der Waals surface area contributed by atoms with Crippen molar-refractivity contribution in [2.75, 3.05) is 0 Å². The molecule has 0 saturated carbocycles. The molecule has 31 heavy (non-hydrogen) atoms. The molecule has 0 saturated heterocycles. The normalized spacial score (nSPS) is 11.3. The minimum Gasteiger partial charge on any atom is -0.453 e. The number of esters is 1. The molecule has 0 fully saturated rings. The van der Waals surface area contributed by atoms with Crippen molar-refractivity contribution in [1.29, 1.82) is 0 Å². The molecule has 1 aromatic heterocycles. The molecule has 6 nitrogen and oxygen atoms in total. The molecular weight excluding hydrogens is 399 g/mol. The van der Waals surface area contributed by atoms with Crippen LogP contribution in [-0.4, -0.2) is 21.2 Å². The minimum atomic E-state index is -2.01. The van der Waals surface area contributed by atoms with E-state index in [9.17, 15) is 14.3 Å². The molecule has 0 amide bonds. The Balaban J connectivity index is 1.55. The number of aromatic nitrogens is 2. The molecule has 4 aromatic rings. The van der Waals surface area contributed by atoms with E-state index in [1.54, 1.807) is 79.7 Å². The molecule has 1 N–H and O–H groups in total. The Morgan fingerprint density at radius 3 is 2.23 bits per heavy atom. The summed E-state index contributed by atoms with van der Waals surface area (Å²) in [5.41, 5.74) is -0.331. The molecule has 1 heterocycles. The molecule has 0 aliphatic rings. The van der Waals surface area contributed by atoms with Gasteiger partial charge in [-0.15, -0.1) is 0 Å². The van der Waals surface area contributed by atoms with Gasteiger partial charge in [0.25, 0.3) is 5.89 Å². The number of rotatable bonds is 6. The van der Waals surface area contributed by atoms with Crippen LogP contribution < -0.4 is 0 Å². The van der Waals surface area contributed by atoms with Crippen molar-refractivity contribution in [3.8, 4) is 11.4 Å². The Morgan fingerprint density at radius 2 is 1.65 bits per heavy atom. The molecule has 0 bridgehead atoms. The highest BCUT2D eigenvalue weighted by Gasteiger charge is 2.41. The molecular formula is C24H19FN2O4. The summed E-state index contributed by atoms with van der Waals surface area (Å²) in [5.74, 6) is -1.07. The van der Waals surface area contributed by atoms with Crippen LogP contribution in [0.4, 0.5) is 4.39 Å². The van der Waals surface area contributed by atoms with E-state index >= 15 is 0 Å². The standard InChI is InChI=1S/C24H19FN2O4/c1-16-12-13-17(14-20(16)25)22-26-21(31-27-22)15-30-23(28)24(29,18-8-4-2-5-9-18)19-10-6-3-7-11-19/h2-14,29H,15H2,1H3. The zero-order valence-electron chi connectivity index (χ0n) is 16.7. The predicted octanol–water partition coefficient (Wildman–Crippen LogP) is 4.16. The second kappa shape index (κ2) is 8.49. The van der Waals surface area contributed by atoms with E-state index in [1.165, 1.54) is 6.07 Å². The number of carbonyl (C=O) groups excluding carboxylic acids is 1. The first-order valence-corrected chi connectivity index (χ1v) is 9.58. The van der Waals surface area contributed by atoms with Crippen molar-refractivity contribution in [1.82, 2.24) is 10.1 Å². The van der Waals surface area contributed by atoms with Crippen LogP contribution in [-0.2, 0) is 21.7 Å². The quantitative estimate of drug-likeness (QED) is 0.473. The minimum absolute atomic E-state index is 0.0211. The summed E-state index contributed by atoms with van der Waals surface area (Å²) in [5, 5.41) is 15.2. The maximum atomic E-state index is 13.8. The average molecular weight is 418 g/mol. The highest BCUT2D eigenvalue weighted by atomic mass is 19.1. The molecule has 0 radical (unpaired) electrons. The van der Waals surface area contributed by atoms with Gasteiger partial charge < -0.3 is 14.4 Å². The molecule has 0 spiro atoms. The molecule has 0 atom stereocenters. The van der Waals surface area contributed by atoms with Crippen LogP contribution in [0, 0.1) is 12.7 Å². The average Bonchev–Trinajstić information content (AvgIpc) is 3.29. The summed E-state index contributed by atoms with van der Waals surface area (Å²) in [7, 11) is 0. The fourth-order valence-electron chi connectivity index (χ4n) is 3.16. The van der Waals surface area contributed by atoms with Gasteiger partial charge in [0.2, 0.25) is 11.4 Å². The van der Waals surface area contributed by atoms with Crippen LogP contribution in [0.3, 0.4) is 0 Å². The summed E-state index contributed by atoms with van der Waals surface area (Å²) >= 11 is 0. The predicted molar refractivity (Wildman–Crippen MR) is 110 cm³/mol. The number of benzene rings is 3. The van der Waals surface area contributed by atoms with E-state index in [-0.39, 0.29) is 24.1 Å². The first kappa shape index (κ1) is 20.4. The van der Waals surface area contributed by atoms with Gasteiger partial charge in [0.05, 0.1) is 0 Å². The Hall–Kier alpha value is -3.84. The molecule has 7 heteroatoms. The number of aryl methyl sites for hydroxylation is 1. The number of halogens is 1.